The van der Waals surface area contributed by atoms with Gasteiger partial charge in [-0.05, 0) is 61.7 Å². The number of alkyl halides is 3. The summed E-state index contributed by atoms with van der Waals surface area (Å²) in [7, 11) is 1.67. The fourth-order valence-corrected chi connectivity index (χ4v) is 8.52. The number of halogens is 3. The van der Waals surface area contributed by atoms with Gasteiger partial charge in [-0.25, -0.2) is 9.78 Å². The molecule has 3 fully saturated rings. The number of hydrogen-bond acceptors (Lipinski definition) is 10. The third-order valence-electron chi connectivity index (χ3n) is 11.8. The van der Waals surface area contributed by atoms with Crippen molar-refractivity contribution >= 4 is 39.8 Å². The van der Waals surface area contributed by atoms with E-state index in [1.807, 2.05) is 18.3 Å². The highest BCUT2D eigenvalue weighted by atomic mass is 19.4. The highest BCUT2D eigenvalue weighted by Crippen LogP contribution is 2.29. The number of imide groups is 1. The van der Waals surface area contributed by atoms with Crippen LogP contribution in [0, 0.1) is 11.8 Å². The zero-order valence-corrected chi connectivity index (χ0v) is 33.6. The van der Waals surface area contributed by atoms with Crippen LogP contribution in [0.3, 0.4) is 0 Å². The number of hydrogen-bond donors (Lipinski definition) is 3. The minimum absolute atomic E-state index is 0.163. The number of fused-ring (bicyclic) bond motifs is 2. The number of nitrogens with one attached hydrogen (secondary N) is 3. The predicted molar refractivity (Wildman–Crippen MR) is 221 cm³/mol. The molecule has 6 heterocycles. The van der Waals surface area contributed by atoms with Crippen LogP contribution >= 0.6 is 0 Å². The van der Waals surface area contributed by atoms with Crippen LogP contribution in [0.2, 0.25) is 0 Å². The summed E-state index contributed by atoms with van der Waals surface area (Å²) in [4.78, 5) is 56.4. The fourth-order valence-electron chi connectivity index (χ4n) is 8.52. The van der Waals surface area contributed by atoms with E-state index in [-0.39, 0.29) is 30.5 Å². The van der Waals surface area contributed by atoms with Gasteiger partial charge in [-0.15, -0.1) is 0 Å². The molecule has 14 nitrogen and oxygen atoms in total. The van der Waals surface area contributed by atoms with Gasteiger partial charge in [0.15, 0.2) is 0 Å². The van der Waals surface area contributed by atoms with Gasteiger partial charge in [0, 0.05) is 94.2 Å². The molecular weight excluding hydrogens is 778 g/mol. The Morgan fingerprint density at radius 2 is 1.73 bits per heavy atom. The van der Waals surface area contributed by atoms with Crippen LogP contribution in [-0.2, 0) is 27.9 Å². The lowest BCUT2D eigenvalue weighted by atomic mass is 10.0. The van der Waals surface area contributed by atoms with Crippen LogP contribution in [0.4, 0.5) is 19.1 Å². The summed E-state index contributed by atoms with van der Waals surface area (Å²) in [6.07, 6.45) is 1.09. The number of benzene rings is 2. The molecule has 2 aromatic carbocycles. The first-order valence-electron chi connectivity index (χ1n) is 20.5. The van der Waals surface area contributed by atoms with Gasteiger partial charge in [-0.2, -0.15) is 18.2 Å². The SMILES string of the molecule is Cn1c(=O)n([C@H]2CCC(=O)NC2=O)c2ccc(C#CCOCCN3CCC(N4CCN(Cc5ccc(-c6c[nH]c7nc(NCCC(F)(F)F)ncc67)cc5)CC4)CC3)cc21. The second-order valence-electron chi connectivity index (χ2n) is 15.8. The van der Waals surface area contributed by atoms with Crippen molar-refractivity contribution in [1.29, 1.82) is 0 Å². The Morgan fingerprint density at radius 3 is 2.48 bits per heavy atom. The van der Waals surface area contributed by atoms with Gasteiger partial charge in [0.1, 0.15) is 18.3 Å². The molecule has 8 rings (SSSR count). The molecule has 0 bridgehead atoms. The minimum atomic E-state index is -4.23. The molecule has 0 spiro atoms. The Labute approximate surface area is 345 Å². The average Bonchev–Trinajstić information content (AvgIpc) is 3.76. The van der Waals surface area contributed by atoms with E-state index in [9.17, 15) is 27.6 Å². The number of anilines is 1. The van der Waals surface area contributed by atoms with Gasteiger partial charge >= 0.3 is 11.9 Å². The van der Waals surface area contributed by atoms with E-state index >= 15 is 0 Å². The molecule has 0 aliphatic carbocycles. The monoisotopic (exact) mass is 826 g/mol. The topological polar surface area (TPSA) is 146 Å². The Kier molecular flexibility index (Phi) is 12.3. The lowest BCUT2D eigenvalue weighted by Gasteiger charge is -2.42. The summed E-state index contributed by atoms with van der Waals surface area (Å²) in [6.45, 7) is 8.64. The van der Waals surface area contributed by atoms with E-state index in [0.717, 1.165) is 87.3 Å². The Bertz CT molecular complexity index is 2450. The quantitative estimate of drug-likeness (QED) is 0.0948. The van der Waals surface area contributed by atoms with Crippen LogP contribution in [-0.4, -0.2) is 128 Å². The first-order valence-corrected chi connectivity index (χ1v) is 20.5. The van der Waals surface area contributed by atoms with Crippen molar-refractivity contribution in [2.75, 3.05) is 70.9 Å². The Balaban J connectivity index is 0.730. The summed E-state index contributed by atoms with van der Waals surface area (Å²) in [5.74, 6) is 5.60. The minimum Gasteiger partial charge on any atom is -0.367 e. The Morgan fingerprint density at radius 1 is 0.950 bits per heavy atom. The maximum Gasteiger partial charge on any atom is 0.390 e. The largest absolute Gasteiger partial charge is 0.390 e. The van der Waals surface area contributed by atoms with Crippen molar-refractivity contribution in [1.82, 2.24) is 44.1 Å². The van der Waals surface area contributed by atoms with Crippen molar-refractivity contribution in [3.63, 3.8) is 0 Å². The van der Waals surface area contributed by atoms with Gasteiger partial charge in [-0.3, -0.25) is 33.8 Å². The average molecular weight is 827 g/mol. The van der Waals surface area contributed by atoms with Crippen molar-refractivity contribution in [2.45, 2.75) is 56.9 Å². The Hall–Kier alpha value is -5.54. The van der Waals surface area contributed by atoms with Crippen LogP contribution < -0.4 is 16.3 Å². The smallest absolute Gasteiger partial charge is 0.367 e. The normalized spacial score (nSPS) is 18.8. The summed E-state index contributed by atoms with van der Waals surface area (Å²) in [5.41, 5.74) is 5.53. The third-order valence-corrected chi connectivity index (χ3v) is 11.8. The summed E-state index contributed by atoms with van der Waals surface area (Å²) in [5, 5.41) is 5.79. The van der Waals surface area contributed by atoms with Crippen LogP contribution in [0.15, 0.2) is 59.7 Å². The molecular formula is C43H49F3N10O4. The van der Waals surface area contributed by atoms with Gasteiger partial charge in [0.2, 0.25) is 17.8 Å². The van der Waals surface area contributed by atoms with Crippen molar-refractivity contribution in [3.8, 4) is 23.0 Å². The number of nitrogens with zero attached hydrogens (tertiary/aromatic N) is 7. The molecule has 5 aromatic rings. The van der Waals surface area contributed by atoms with E-state index < -0.39 is 24.5 Å². The molecule has 2 amide bonds. The van der Waals surface area contributed by atoms with E-state index in [1.165, 1.54) is 14.7 Å². The highest BCUT2D eigenvalue weighted by Gasteiger charge is 2.32. The molecule has 17 heteroatoms. The number of likely N-dealkylation sites (tertiary alicyclic amines) is 1. The fraction of sp³-hybridized carbons (Fsp3) is 0.465. The molecule has 0 unspecified atom stereocenters. The number of aromatic nitrogens is 5. The van der Waals surface area contributed by atoms with Gasteiger partial charge in [0.25, 0.3) is 0 Å². The standard InChI is InChI=1S/C43H49F3N10O4/c1-52-37-25-29(6-9-35(37)56(42(52)59)36-10-11-38(57)50-40(36)58)3-2-23-60-24-22-53-16-12-32(13-17-53)55-20-18-54(19-21-55)28-30-4-7-31(8-5-30)33-26-48-39-34(33)27-49-41(51-39)47-15-14-43(44,45)46/h4-9,25-27,32,36H,10-24,28H2,1H3,(H,50,57,58)(H2,47,48,49,51)/t36-/m0/s1. The number of carbonyl (C=O) groups excluding carboxylic acids is 2. The molecule has 0 radical (unpaired) electrons. The molecule has 3 aliphatic rings. The van der Waals surface area contributed by atoms with Crippen LogP contribution in [0.5, 0.6) is 0 Å². The van der Waals surface area contributed by atoms with Crippen molar-refractivity contribution in [2.24, 2.45) is 7.05 Å². The number of carbonyl (C=O) groups is 2. The molecule has 3 N–H and O–H groups in total. The lowest BCUT2D eigenvalue weighted by molar-refractivity contribution is -0.136. The van der Waals surface area contributed by atoms with E-state index in [0.29, 0.717) is 42.4 Å². The second-order valence-corrected chi connectivity index (χ2v) is 15.8. The van der Waals surface area contributed by atoms with Gasteiger partial charge < -0.3 is 19.9 Å². The van der Waals surface area contributed by atoms with Crippen molar-refractivity contribution < 1.29 is 27.5 Å². The number of piperidine rings is 2. The predicted octanol–water partition coefficient (Wildman–Crippen LogP) is 4.27. The maximum atomic E-state index is 13.0. The summed E-state index contributed by atoms with van der Waals surface area (Å²) < 4.78 is 46.3. The summed E-state index contributed by atoms with van der Waals surface area (Å²) in [6, 6.07) is 13.8. The number of amides is 2. The third kappa shape index (κ3) is 9.57. The number of rotatable bonds is 12. The number of ether oxygens (including phenoxy) is 1. The second kappa shape index (κ2) is 18.0. The van der Waals surface area contributed by atoms with E-state index in [2.05, 4.69) is 76.4 Å². The van der Waals surface area contributed by atoms with Crippen LogP contribution in [0.25, 0.3) is 33.2 Å². The maximum absolute atomic E-state index is 13.0. The number of piperazine rings is 1. The first kappa shape index (κ1) is 41.2. The molecule has 316 valence electrons. The zero-order valence-electron chi connectivity index (χ0n) is 33.6. The molecule has 3 saturated heterocycles. The number of aromatic amines is 1. The number of imidazole rings is 1. The van der Waals surface area contributed by atoms with Gasteiger partial charge in [0.05, 0.1) is 24.1 Å². The highest BCUT2D eigenvalue weighted by molar-refractivity contribution is 6.00. The molecule has 60 heavy (non-hydrogen) atoms. The summed E-state index contributed by atoms with van der Waals surface area (Å²) >= 11 is 0. The van der Waals surface area contributed by atoms with Gasteiger partial charge in [-0.1, -0.05) is 36.1 Å². The molecule has 0 saturated carbocycles. The first-order chi connectivity index (χ1) is 29.0. The molecule has 1 atom stereocenters. The lowest BCUT2D eigenvalue weighted by Crippen LogP contribution is -2.53. The number of H-pyrrole nitrogens is 1. The molecule has 3 aliphatic heterocycles. The van der Waals surface area contributed by atoms with Crippen LogP contribution in [0.1, 0.15) is 49.3 Å². The molecule has 3 aromatic heterocycles. The number of aryl methyl sites for hydroxylation is 1. The zero-order chi connectivity index (χ0) is 41.8. The van der Waals surface area contributed by atoms with Crippen molar-refractivity contribution in [3.05, 3.63) is 76.5 Å². The van der Waals surface area contributed by atoms with E-state index in [1.54, 1.807) is 19.3 Å². The van der Waals surface area contributed by atoms with E-state index in [4.69, 9.17) is 4.74 Å².